The fourth-order valence-corrected chi connectivity index (χ4v) is 2.30. The smallest absolute Gasteiger partial charge is 0.341 e. The highest BCUT2D eigenvalue weighted by Crippen LogP contribution is 2.23. The number of ketones is 1. The number of nitrogen functional groups attached to an aromatic ring is 1. The highest BCUT2D eigenvalue weighted by Gasteiger charge is 2.22. The first-order valence-electron chi connectivity index (χ1n) is 7.47. The molecule has 0 bridgehead atoms. The first-order valence-corrected chi connectivity index (χ1v) is 7.85. The van der Waals surface area contributed by atoms with E-state index in [4.69, 9.17) is 22.1 Å². The number of rotatable bonds is 5. The molecule has 7 heteroatoms. The zero-order valence-electron chi connectivity index (χ0n) is 13.7. The summed E-state index contributed by atoms with van der Waals surface area (Å²) >= 11 is 5.87. The van der Waals surface area contributed by atoms with Crippen molar-refractivity contribution >= 4 is 40.6 Å². The second-order valence-electron chi connectivity index (χ2n) is 5.34. The number of para-hydroxylation sites is 2. The zero-order valence-corrected chi connectivity index (χ0v) is 14.5. The number of Topliss-reactive ketones (excluding diaryl/α,β-unsaturated/α-hetero) is 1. The molecule has 25 heavy (non-hydrogen) atoms. The number of benzene rings is 2. The van der Waals surface area contributed by atoms with Crippen LogP contribution in [0, 0.1) is 0 Å². The van der Waals surface area contributed by atoms with Crippen molar-refractivity contribution in [2.24, 2.45) is 0 Å². The van der Waals surface area contributed by atoms with E-state index in [0.717, 1.165) is 0 Å². The van der Waals surface area contributed by atoms with Gasteiger partial charge in [0.15, 0.2) is 11.9 Å². The second-order valence-corrected chi connectivity index (χ2v) is 5.75. The first-order chi connectivity index (χ1) is 11.8. The van der Waals surface area contributed by atoms with E-state index in [9.17, 15) is 14.4 Å². The van der Waals surface area contributed by atoms with Crippen LogP contribution in [0.15, 0.2) is 42.5 Å². The predicted octanol–water partition coefficient (Wildman–Crippen LogP) is 3.31. The van der Waals surface area contributed by atoms with Crippen LogP contribution in [0.2, 0.25) is 5.02 Å². The zero-order chi connectivity index (χ0) is 18.6. The van der Waals surface area contributed by atoms with E-state index in [0.29, 0.717) is 11.3 Å². The van der Waals surface area contributed by atoms with Gasteiger partial charge in [-0.2, -0.15) is 0 Å². The van der Waals surface area contributed by atoms with Crippen molar-refractivity contribution in [3.05, 3.63) is 58.6 Å². The third-order valence-electron chi connectivity index (χ3n) is 3.49. The Hall–Kier alpha value is -2.86. The van der Waals surface area contributed by atoms with Crippen LogP contribution in [0.4, 0.5) is 11.4 Å². The normalized spacial score (nSPS) is 11.5. The molecule has 0 aromatic heterocycles. The third-order valence-corrected chi connectivity index (χ3v) is 3.82. The third kappa shape index (κ3) is 4.36. The fourth-order valence-electron chi connectivity index (χ4n) is 2.13. The SMILES string of the molecule is CC(=O)c1ccccc1NC(=O)C(C)OC(=O)c1cccc(Cl)c1N. The summed E-state index contributed by atoms with van der Waals surface area (Å²) in [6.07, 6.45) is -1.09. The number of nitrogens with one attached hydrogen (secondary N) is 1. The molecule has 0 heterocycles. The molecule has 0 fully saturated rings. The molecule has 0 aliphatic rings. The van der Waals surface area contributed by atoms with Crippen LogP contribution in [0.25, 0.3) is 0 Å². The Morgan fingerprint density at radius 2 is 1.72 bits per heavy atom. The second kappa shape index (κ2) is 7.81. The number of carbonyl (C=O) groups is 3. The average molecular weight is 361 g/mol. The number of anilines is 2. The predicted molar refractivity (Wildman–Crippen MR) is 95.8 cm³/mol. The van der Waals surface area contributed by atoms with Gasteiger partial charge < -0.3 is 15.8 Å². The molecule has 0 saturated carbocycles. The first kappa shape index (κ1) is 18.5. The minimum Gasteiger partial charge on any atom is -0.449 e. The monoisotopic (exact) mass is 360 g/mol. The standard InChI is InChI=1S/C18H17ClN2O4/c1-10(22)12-6-3-4-9-15(12)21-17(23)11(2)25-18(24)13-7-5-8-14(19)16(13)20/h3-9,11H,20H2,1-2H3,(H,21,23). The Morgan fingerprint density at radius 3 is 2.40 bits per heavy atom. The summed E-state index contributed by atoms with van der Waals surface area (Å²) in [5.41, 5.74) is 6.63. The van der Waals surface area contributed by atoms with Crippen molar-refractivity contribution in [2.75, 3.05) is 11.1 Å². The van der Waals surface area contributed by atoms with E-state index in [1.807, 2.05) is 0 Å². The van der Waals surface area contributed by atoms with Crippen LogP contribution in [0.3, 0.4) is 0 Å². The number of hydrogen-bond acceptors (Lipinski definition) is 5. The lowest BCUT2D eigenvalue weighted by Gasteiger charge is -2.15. The van der Waals surface area contributed by atoms with E-state index < -0.39 is 18.0 Å². The molecule has 0 radical (unpaired) electrons. The number of hydrogen-bond donors (Lipinski definition) is 2. The maximum Gasteiger partial charge on any atom is 0.341 e. The summed E-state index contributed by atoms with van der Waals surface area (Å²) in [6, 6.07) is 11.1. The maximum absolute atomic E-state index is 12.2. The quantitative estimate of drug-likeness (QED) is 0.484. The van der Waals surface area contributed by atoms with Crippen LogP contribution in [0.5, 0.6) is 0 Å². The maximum atomic E-state index is 12.2. The number of ether oxygens (including phenoxy) is 1. The number of amides is 1. The Bertz CT molecular complexity index is 836. The molecule has 130 valence electrons. The fraction of sp³-hybridized carbons (Fsp3) is 0.167. The van der Waals surface area contributed by atoms with Crippen molar-refractivity contribution in [3.8, 4) is 0 Å². The van der Waals surface area contributed by atoms with Crippen molar-refractivity contribution in [1.29, 1.82) is 0 Å². The van der Waals surface area contributed by atoms with Gasteiger partial charge in [-0.15, -0.1) is 0 Å². The largest absolute Gasteiger partial charge is 0.449 e. The molecule has 6 nitrogen and oxygen atoms in total. The molecule has 2 rings (SSSR count). The summed E-state index contributed by atoms with van der Waals surface area (Å²) < 4.78 is 5.13. The molecule has 3 N–H and O–H groups in total. The van der Waals surface area contributed by atoms with Crippen molar-refractivity contribution in [1.82, 2.24) is 0 Å². The molecule has 1 atom stereocenters. The molecule has 1 amide bonds. The minimum atomic E-state index is -1.09. The minimum absolute atomic E-state index is 0.0799. The number of carbonyl (C=O) groups excluding carboxylic acids is 3. The van der Waals surface area contributed by atoms with Crippen LogP contribution >= 0.6 is 11.6 Å². The average Bonchev–Trinajstić information content (AvgIpc) is 2.57. The molecular formula is C18H17ClN2O4. The lowest BCUT2D eigenvalue weighted by Crippen LogP contribution is -2.30. The molecule has 2 aromatic carbocycles. The molecule has 0 spiro atoms. The van der Waals surface area contributed by atoms with Crippen molar-refractivity contribution in [2.45, 2.75) is 20.0 Å². The van der Waals surface area contributed by atoms with E-state index in [1.165, 1.54) is 19.9 Å². The number of esters is 1. The summed E-state index contributed by atoms with van der Waals surface area (Å²) in [7, 11) is 0. The van der Waals surface area contributed by atoms with Gasteiger partial charge in [-0.1, -0.05) is 29.8 Å². The highest BCUT2D eigenvalue weighted by atomic mass is 35.5. The lowest BCUT2D eigenvalue weighted by molar-refractivity contribution is -0.123. The van der Waals surface area contributed by atoms with Gasteiger partial charge in [-0.3, -0.25) is 9.59 Å². The Balaban J connectivity index is 2.09. The van der Waals surface area contributed by atoms with E-state index in [2.05, 4.69) is 5.32 Å². The summed E-state index contributed by atoms with van der Waals surface area (Å²) in [5.74, 6) is -1.52. The number of halogens is 1. The van der Waals surface area contributed by atoms with Gasteiger partial charge >= 0.3 is 5.97 Å². The Kier molecular flexibility index (Phi) is 5.77. The molecule has 2 aromatic rings. The molecular weight excluding hydrogens is 344 g/mol. The number of nitrogens with two attached hydrogens (primary N) is 1. The van der Waals surface area contributed by atoms with Gasteiger partial charge in [0.1, 0.15) is 0 Å². The van der Waals surface area contributed by atoms with Gasteiger partial charge in [-0.05, 0) is 38.1 Å². The topological polar surface area (TPSA) is 98.5 Å². The van der Waals surface area contributed by atoms with Crippen LogP contribution in [0.1, 0.15) is 34.6 Å². The van der Waals surface area contributed by atoms with E-state index in [1.54, 1.807) is 36.4 Å². The molecule has 0 aliphatic heterocycles. The molecule has 1 unspecified atom stereocenters. The van der Waals surface area contributed by atoms with Crippen LogP contribution in [-0.2, 0) is 9.53 Å². The van der Waals surface area contributed by atoms with Crippen molar-refractivity contribution in [3.63, 3.8) is 0 Å². The van der Waals surface area contributed by atoms with E-state index in [-0.39, 0.29) is 22.1 Å². The van der Waals surface area contributed by atoms with Gasteiger partial charge in [0.2, 0.25) is 0 Å². The van der Waals surface area contributed by atoms with Gasteiger partial charge in [0, 0.05) is 5.56 Å². The van der Waals surface area contributed by atoms with Crippen LogP contribution in [-0.4, -0.2) is 23.8 Å². The highest BCUT2D eigenvalue weighted by molar-refractivity contribution is 6.33. The summed E-state index contributed by atoms with van der Waals surface area (Å²) in [4.78, 5) is 36.0. The van der Waals surface area contributed by atoms with Crippen molar-refractivity contribution < 1.29 is 19.1 Å². The molecule has 0 saturated heterocycles. The van der Waals surface area contributed by atoms with Crippen LogP contribution < -0.4 is 11.1 Å². The molecule has 0 aliphatic carbocycles. The Morgan fingerprint density at radius 1 is 1.08 bits per heavy atom. The van der Waals surface area contributed by atoms with Gasteiger partial charge in [0.25, 0.3) is 5.91 Å². The van der Waals surface area contributed by atoms with Gasteiger partial charge in [0.05, 0.1) is 22.0 Å². The summed E-state index contributed by atoms with van der Waals surface area (Å²) in [5, 5.41) is 2.80. The van der Waals surface area contributed by atoms with Gasteiger partial charge in [-0.25, -0.2) is 4.79 Å². The summed E-state index contributed by atoms with van der Waals surface area (Å²) in [6.45, 7) is 2.82. The lowest BCUT2D eigenvalue weighted by atomic mass is 10.1. The Labute approximate surface area is 149 Å². The van der Waals surface area contributed by atoms with E-state index >= 15 is 0 Å².